The molecule has 1 saturated heterocycles. The smallest absolute Gasteiger partial charge is 0.235 e. The number of H-pyrrole nitrogens is 1. The topological polar surface area (TPSA) is 82.2 Å². The zero-order chi connectivity index (χ0) is 20.4. The number of aromatic nitrogens is 4. The average Bonchev–Trinajstić information content (AvgIpc) is 3.13. The lowest BCUT2D eigenvalue weighted by Gasteiger charge is -2.32. The Morgan fingerprint density at radius 1 is 1.31 bits per heavy atom. The second kappa shape index (κ2) is 8.26. The third kappa shape index (κ3) is 4.52. The van der Waals surface area contributed by atoms with Gasteiger partial charge < -0.3 is 19.2 Å². The van der Waals surface area contributed by atoms with Crippen LogP contribution in [0.5, 0.6) is 5.88 Å². The van der Waals surface area contributed by atoms with Crippen LogP contribution in [0.15, 0.2) is 24.7 Å². The van der Waals surface area contributed by atoms with Crippen LogP contribution in [0, 0.1) is 6.92 Å². The molecule has 1 unspecified atom stereocenters. The molecule has 154 valence electrons. The fourth-order valence-electron chi connectivity index (χ4n) is 3.41. The van der Waals surface area contributed by atoms with Crippen LogP contribution in [0.25, 0.3) is 22.2 Å². The highest BCUT2D eigenvalue weighted by atomic mass is 35.5. The largest absolute Gasteiger partial charge is 0.473 e. The van der Waals surface area contributed by atoms with E-state index in [2.05, 4.69) is 19.9 Å². The van der Waals surface area contributed by atoms with Crippen LogP contribution in [0.1, 0.15) is 38.8 Å². The van der Waals surface area contributed by atoms with Gasteiger partial charge in [0.25, 0.3) is 0 Å². The van der Waals surface area contributed by atoms with Gasteiger partial charge in [0, 0.05) is 30.0 Å². The summed E-state index contributed by atoms with van der Waals surface area (Å²) >= 11 is 6.15. The quantitative estimate of drug-likeness (QED) is 0.587. The molecule has 1 aliphatic rings. The van der Waals surface area contributed by atoms with Crippen molar-refractivity contribution in [2.24, 2.45) is 0 Å². The molecule has 3 aromatic rings. The van der Waals surface area contributed by atoms with Crippen LogP contribution in [-0.2, 0) is 9.47 Å². The lowest BCUT2D eigenvalue weighted by Crippen LogP contribution is -2.39. The van der Waals surface area contributed by atoms with E-state index in [1.807, 2.05) is 33.0 Å². The molecule has 0 bridgehead atoms. The van der Waals surface area contributed by atoms with Crippen LogP contribution in [-0.4, -0.2) is 45.0 Å². The lowest BCUT2D eigenvalue weighted by atomic mass is 10.1. The van der Waals surface area contributed by atoms with E-state index >= 15 is 0 Å². The maximum atomic E-state index is 6.15. The fourth-order valence-corrected chi connectivity index (χ4v) is 3.62. The molecule has 0 spiro atoms. The Labute approximate surface area is 174 Å². The Morgan fingerprint density at radius 2 is 2.17 bits per heavy atom. The molecule has 0 aromatic carbocycles. The lowest BCUT2D eigenvalue weighted by molar-refractivity contribution is -0.221. The predicted molar refractivity (Wildman–Crippen MR) is 111 cm³/mol. The SMILES string of the molecule is Cc1nc(-c2c[nH]c3c(Cl)nccc23)cnc1OCC(C)(C)OC1CCCCO1. The van der Waals surface area contributed by atoms with Crippen molar-refractivity contribution >= 4 is 22.5 Å². The molecule has 8 heteroatoms. The van der Waals surface area contributed by atoms with Crippen molar-refractivity contribution in [3.05, 3.63) is 35.5 Å². The minimum absolute atomic E-state index is 0.167. The molecule has 0 aliphatic carbocycles. The van der Waals surface area contributed by atoms with Crippen molar-refractivity contribution < 1.29 is 14.2 Å². The summed E-state index contributed by atoms with van der Waals surface area (Å²) in [6.45, 7) is 6.98. The number of hydrogen-bond acceptors (Lipinski definition) is 6. The Balaban J connectivity index is 1.46. The second-order valence-corrected chi connectivity index (χ2v) is 8.19. The minimum Gasteiger partial charge on any atom is -0.473 e. The molecule has 0 amide bonds. The average molecular weight is 417 g/mol. The first-order chi connectivity index (χ1) is 13.9. The first kappa shape index (κ1) is 20.1. The molecule has 1 fully saturated rings. The number of aryl methyl sites for hydroxylation is 1. The van der Waals surface area contributed by atoms with Crippen LogP contribution in [0.3, 0.4) is 0 Å². The Hall–Kier alpha value is -2.22. The van der Waals surface area contributed by atoms with E-state index in [0.29, 0.717) is 23.3 Å². The molecule has 1 aliphatic heterocycles. The Bertz CT molecular complexity index is 999. The summed E-state index contributed by atoms with van der Waals surface area (Å²) in [6.07, 6.45) is 8.22. The number of hydrogen-bond donors (Lipinski definition) is 1. The zero-order valence-electron chi connectivity index (χ0n) is 16.9. The normalized spacial score (nSPS) is 17.6. The van der Waals surface area contributed by atoms with Crippen molar-refractivity contribution in [2.75, 3.05) is 13.2 Å². The van der Waals surface area contributed by atoms with Gasteiger partial charge in [0.05, 0.1) is 23.0 Å². The van der Waals surface area contributed by atoms with Gasteiger partial charge in [0.2, 0.25) is 5.88 Å². The van der Waals surface area contributed by atoms with Gasteiger partial charge in [-0.05, 0) is 46.1 Å². The summed E-state index contributed by atoms with van der Waals surface area (Å²) < 4.78 is 17.7. The summed E-state index contributed by atoms with van der Waals surface area (Å²) in [6, 6.07) is 1.90. The third-order valence-corrected chi connectivity index (χ3v) is 5.16. The fraction of sp³-hybridized carbons (Fsp3) is 0.476. The van der Waals surface area contributed by atoms with Crippen LogP contribution < -0.4 is 4.74 Å². The summed E-state index contributed by atoms with van der Waals surface area (Å²) in [5.74, 6) is 0.495. The van der Waals surface area contributed by atoms with Gasteiger partial charge in [0.1, 0.15) is 12.3 Å². The molecule has 29 heavy (non-hydrogen) atoms. The van der Waals surface area contributed by atoms with Gasteiger partial charge in [-0.25, -0.2) is 15.0 Å². The summed E-state index contributed by atoms with van der Waals surface area (Å²) in [5.41, 5.74) is 2.67. The van der Waals surface area contributed by atoms with Gasteiger partial charge in [-0.15, -0.1) is 0 Å². The van der Waals surface area contributed by atoms with Gasteiger partial charge in [-0.3, -0.25) is 0 Å². The number of fused-ring (bicyclic) bond motifs is 1. The summed E-state index contributed by atoms with van der Waals surface area (Å²) in [4.78, 5) is 16.4. The van der Waals surface area contributed by atoms with E-state index in [9.17, 15) is 0 Å². The molecular weight excluding hydrogens is 392 g/mol. The van der Waals surface area contributed by atoms with Crippen molar-refractivity contribution in [3.8, 4) is 17.1 Å². The monoisotopic (exact) mass is 416 g/mol. The zero-order valence-corrected chi connectivity index (χ0v) is 17.6. The second-order valence-electron chi connectivity index (χ2n) is 7.83. The predicted octanol–water partition coefficient (Wildman–Crippen LogP) is 4.68. The third-order valence-electron chi connectivity index (χ3n) is 4.88. The van der Waals surface area contributed by atoms with E-state index in [-0.39, 0.29) is 6.29 Å². The van der Waals surface area contributed by atoms with Crippen molar-refractivity contribution in [2.45, 2.75) is 51.9 Å². The van der Waals surface area contributed by atoms with Crippen LogP contribution in [0.4, 0.5) is 0 Å². The number of nitrogens with zero attached hydrogens (tertiary/aromatic N) is 3. The number of halogens is 1. The molecule has 0 saturated carbocycles. The van der Waals surface area contributed by atoms with Crippen LogP contribution in [0.2, 0.25) is 5.15 Å². The first-order valence-corrected chi connectivity index (χ1v) is 10.2. The standard InChI is InChI=1S/C21H25ClN4O3/c1-13-20(28-12-21(2,3)29-17-6-4-5-9-27-17)25-11-16(26-13)15-10-24-18-14(15)7-8-23-19(18)22/h7-8,10-11,17,24H,4-6,9,12H2,1-3H3. The number of pyridine rings is 1. The molecule has 1 atom stereocenters. The summed E-state index contributed by atoms with van der Waals surface area (Å²) in [7, 11) is 0. The maximum absolute atomic E-state index is 6.15. The summed E-state index contributed by atoms with van der Waals surface area (Å²) in [5, 5.41) is 1.39. The molecule has 7 nitrogen and oxygen atoms in total. The minimum atomic E-state index is -0.491. The molecule has 3 aromatic heterocycles. The van der Waals surface area contributed by atoms with Gasteiger partial charge >= 0.3 is 0 Å². The van der Waals surface area contributed by atoms with Gasteiger partial charge in [0.15, 0.2) is 11.4 Å². The maximum Gasteiger partial charge on any atom is 0.235 e. The van der Waals surface area contributed by atoms with Gasteiger partial charge in [-0.1, -0.05) is 11.6 Å². The van der Waals surface area contributed by atoms with Crippen molar-refractivity contribution in [3.63, 3.8) is 0 Å². The van der Waals surface area contributed by atoms with E-state index in [1.165, 1.54) is 0 Å². The molecule has 4 rings (SSSR count). The highest BCUT2D eigenvalue weighted by Gasteiger charge is 2.27. The van der Waals surface area contributed by atoms with E-state index in [0.717, 1.165) is 48.0 Å². The Morgan fingerprint density at radius 3 is 2.93 bits per heavy atom. The molecule has 4 heterocycles. The van der Waals surface area contributed by atoms with Gasteiger partial charge in [-0.2, -0.15) is 0 Å². The number of rotatable bonds is 6. The number of nitrogens with one attached hydrogen (secondary N) is 1. The molecular formula is C21H25ClN4O3. The first-order valence-electron chi connectivity index (χ1n) is 9.81. The highest BCUT2D eigenvalue weighted by Crippen LogP contribution is 2.31. The van der Waals surface area contributed by atoms with E-state index in [1.54, 1.807) is 12.4 Å². The molecule has 1 N–H and O–H groups in total. The highest BCUT2D eigenvalue weighted by molar-refractivity contribution is 6.34. The van der Waals surface area contributed by atoms with Crippen molar-refractivity contribution in [1.29, 1.82) is 0 Å². The van der Waals surface area contributed by atoms with Crippen LogP contribution >= 0.6 is 11.6 Å². The van der Waals surface area contributed by atoms with Crippen molar-refractivity contribution in [1.82, 2.24) is 19.9 Å². The number of ether oxygens (including phenoxy) is 3. The van der Waals surface area contributed by atoms with E-state index < -0.39 is 5.60 Å². The molecule has 0 radical (unpaired) electrons. The Kier molecular flexibility index (Phi) is 5.72. The number of aromatic amines is 1. The van der Waals surface area contributed by atoms with E-state index in [4.69, 9.17) is 25.8 Å².